The van der Waals surface area contributed by atoms with Gasteiger partial charge in [0.25, 0.3) is 0 Å². The number of benzene rings is 1. The number of nitrogens with zero attached hydrogens (tertiary/aromatic N) is 3. The maximum atomic E-state index is 5.37. The first kappa shape index (κ1) is 14.1. The molecule has 0 aliphatic rings. The molecule has 21 heavy (non-hydrogen) atoms. The summed E-state index contributed by atoms with van der Waals surface area (Å²) in [6.07, 6.45) is 0. The van der Waals surface area contributed by atoms with E-state index in [0.717, 1.165) is 38.8 Å². The van der Waals surface area contributed by atoms with Crippen molar-refractivity contribution in [2.75, 3.05) is 11.9 Å². The van der Waals surface area contributed by atoms with Crippen molar-refractivity contribution in [3.05, 3.63) is 42.1 Å². The van der Waals surface area contributed by atoms with Gasteiger partial charge in [-0.2, -0.15) is 0 Å². The van der Waals surface area contributed by atoms with Crippen molar-refractivity contribution in [3.63, 3.8) is 0 Å². The molecule has 0 bridgehead atoms. The second kappa shape index (κ2) is 6.73. The molecule has 108 valence electrons. The van der Waals surface area contributed by atoms with Crippen molar-refractivity contribution in [3.8, 4) is 11.3 Å². The third-order valence-electron chi connectivity index (χ3n) is 2.70. The van der Waals surface area contributed by atoms with E-state index in [1.807, 2.05) is 43.3 Å². The van der Waals surface area contributed by atoms with Crippen LogP contribution < -0.4 is 5.32 Å². The smallest absolute Gasteiger partial charge is 0.206 e. The lowest BCUT2D eigenvalue weighted by Crippen LogP contribution is -1.94. The highest BCUT2D eigenvalue weighted by Gasteiger charge is 2.09. The average Bonchev–Trinajstić information content (AvgIpc) is 3.16. The Kier molecular flexibility index (Phi) is 4.52. The van der Waals surface area contributed by atoms with Gasteiger partial charge in [-0.3, -0.25) is 0 Å². The number of thioether (sulfide) groups is 1. The number of aromatic nitrogens is 3. The van der Waals surface area contributed by atoms with Crippen molar-refractivity contribution in [1.82, 2.24) is 15.4 Å². The number of rotatable bonds is 6. The second-order valence-corrected chi connectivity index (χ2v) is 6.44. The predicted molar refractivity (Wildman–Crippen MR) is 85.6 cm³/mol. The molecule has 0 atom stereocenters. The van der Waals surface area contributed by atoms with Crippen LogP contribution in [0.15, 0.2) is 45.3 Å². The zero-order valence-electron chi connectivity index (χ0n) is 11.4. The van der Waals surface area contributed by atoms with Gasteiger partial charge in [0.2, 0.25) is 5.13 Å². The van der Waals surface area contributed by atoms with Crippen LogP contribution in [0, 0.1) is 0 Å². The van der Waals surface area contributed by atoms with E-state index in [9.17, 15) is 0 Å². The molecule has 0 aliphatic heterocycles. The maximum absolute atomic E-state index is 5.37. The van der Waals surface area contributed by atoms with E-state index in [1.54, 1.807) is 23.1 Å². The molecule has 2 heterocycles. The summed E-state index contributed by atoms with van der Waals surface area (Å²) in [6, 6.07) is 11.9. The van der Waals surface area contributed by atoms with Gasteiger partial charge in [0, 0.05) is 23.9 Å². The first-order valence-electron chi connectivity index (χ1n) is 6.56. The van der Waals surface area contributed by atoms with Gasteiger partial charge in [0.15, 0.2) is 10.1 Å². The highest BCUT2D eigenvalue weighted by atomic mass is 32.2. The average molecular weight is 318 g/mol. The number of hydrogen-bond donors (Lipinski definition) is 1. The summed E-state index contributed by atoms with van der Waals surface area (Å²) in [5.41, 5.74) is 1.94. The van der Waals surface area contributed by atoms with Gasteiger partial charge in [-0.05, 0) is 6.92 Å². The lowest BCUT2D eigenvalue weighted by Gasteiger charge is -1.92. The first-order chi connectivity index (χ1) is 10.3. The predicted octanol–water partition coefficient (Wildman–Crippen LogP) is 3.92. The molecule has 0 aliphatic carbocycles. The molecular weight excluding hydrogens is 304 g/mol. The Balaban J connectivity index is 1.62. The van der Waals surface area contributed by atoms with Crippen LogP contribution in [0.5, 0.6) is 0 Å². The van der Waals surface area contributed by atoms with Gasteiger partial charge in [-0.15, -0.1) is 10.2 Å². The molecule has 0 saturated carbocycles. The molecule has 0 spiro atoms. The summed E-state index contributed by atoms with van der Waals surface area (Å²) in [7, 11) is 0. The lowest BCUT2D eigenvalue weighted by atomic mass is 10.2. The van der Waals surface area contributed by atoms with Gasteiger partial charge >= 0.3 is 0 Å². The zero-order valence-corrected chi connectivity index (χ0v) is 13.1. The van der Waals surface area contributed by atoms with Crippen LogP contribution in [0.3, 0.4) is 0 Å². The molecular formula is C14H14N4OS2. The van der Waals surface area contributed by atoms with Gasteiger partial charge in [0.05, 0.1) is 5.69 Å². The Labute approximate surface area is 130 Å². The van der Waals surface area contributed by atoms with E-state index in [1.165, 1.54) is 0 Å². The molecule has 0 radical (unpaired) electrons. The van der Waals surface area contributed by atoms with Crippen molar-refractivity contribution in [2.24, 2.45) is 0 Å². The molecule has 3 rings (SSSR count). The molecule has 0 amide bonds. The van der Waals surface area contributed by atoms with Crippen molar-refractivity contribution in [1.29, 1.82) is 0 Å². The quantitative estimate of drug-likeness (QED) is 0.695. The summed E-state index contributed by atoms with van der Waals surface area (Å²) in [6.45, 7) is 2.89. The third kappa shape index (κ3) is 3.62. The summed E-state index contributed by atoms with van der Waals surface area (Å²) in [4.78, 5) is 0. The van der Waals surface area contributed by atoms with Crippen LogP contribution in [-0.4, -0.2) is 21.9 Å². The van der Waals surface area contributed by atoms with Crippen LogP contribution in [0.1, 0.15) is 12.6 Å². The molecule has 0 unspecified atom stereocenters. The van der Waals surface area contributed by atoms with Crippen molar-refractivity contribution in [2.45, 2.75) is 17.0 Å². The fourth-order valence-electron chi connectivity index (χ4n) is 1.74. The summed E-state index contributed by atoms with van der Waals surface area (Å²) >= 11 is 3.16. The van der Waals surface area contributed by atoms with E-state index in [2.05, 4.69) is 20.7 Å². The Morgan fingerprint density at radius 2 is 2.10 bits per heavy atom. The SMILES string of the molecule is CCNc1nnc(SCc2cc(-c3ccccc3)on2)s1. The highest BCUT2D eigenvalue weighted by Crippen LogP contribution is 2.29. The number of hydrogen-bond acceptors (Lipinski definition) is 7. The summed E-state index contributed by atoms with van der Waals surface area (Å²) < 4.78 is 6.30. The Morgan fingerprint density at radius 3 is 2.90 bits per heavy atom. The molecule has 0 saturated heterocycles. The van der Waals surface area contributed by atoms with Crippen LogP contribution >= 0.6 is 23.1 Å². The normalized spacial score (nSPS) is 10.7. The van der Waals surface area contributed by atoms with Crippen LogP contribution in [0.4, 0.5) is 5.13 Å². The highest BCUT2D eigenvalue weighted by molar-refractivity contribution is 8.00. The van der Waals surface area contributed by atoms with E-state index < -0.39 is 0 Å². The van der Waals surface area contributed by atoms with E-state index in [4.69, 9.17) is 4.52 Å². The lowest BCUT2D eigenvalue weighted by molar-refractivity contribution is 0.426. The van der Waals surface area contributed by atoms with Crippen molar-refractivity contribution >= 4 is 28.2 Å². The molecule has 0 fully saturated rings. The Bertz CT molecular complexity index is 696. The van der Waals surface area contributed by atoms with E-state index >= 15 is 0 Å². The topological polar surface area (TPSA) is 63.8 Å². The molecule has 5 nitrogen and oxygen atoms in total. The monoisotopic (exact) mass is 318 g/mol. The van der Waals surface area contributed by atoms with Crippen molar-refractivity contribution < 1.29 is 4.52 Å². The zero-order chi connectivity index (χ0) is 14.5. The minimum atomic E-state index is 0.719. The second-order valence-electron chi connectivity index (χ2n) is 4.24. The largest absolute Gasteiger partial charge is 0.360 e. The molecule has 1 N–H and O–H groups in total. The summed E-state index contributed by atoms with van der Waals surface area (Å²) in [5, 5.41) is 16.3. The standard InChI is InChI=1S/C14H14N4OS2/c1-2-15-13-16-17-14(21-13)20-9-11-8-12(19-18-11)10-6-4-3-5-7-10/h3-8H,2,9H2,1H3,(H,15,16). The first-order valence-corrected chi connectivity index (χ1v) is 8.36. The fourth-order valence-corrected chi connectivity index (χ4v) is 3.45. The molecule has 3 aromatic rings. The molecule has 1 aromatic carbocycles. The minimum absolute atomic E-state index is 0.719. The third-order valence-corrected chi connectivity index (χ3v) is 4.74. The van der Waals surface area contributed by atoms with Crippen LogP contribution in [0.25, 0.3) is 11.3 Å². The Morgan fingerprint density at radius 1 is 1.24 bits per heavy atom. The van der Waals surface area contributed by atoms with Gasteiger partial charge < -0.3 is 9.84 Å². The summed E-state index contributed by atoms with van der Waals surface area (Å²) in [5.74, 6) is 1.51. The van der Waals surface area contributed by atoms with E-state index in [-0.39, 0.29) is 0 Å². The van der Waals surface area contributed by atoms with E-state index in [0.29, 0.717) is 0 Å². The minimum Gasteiger partial charge on any atom is -0.360 e. The van der Waals surface area contributed by atoms with Gasteiger partial charge in [-0.25, -0.2) is 0 Å². The molecule has 2 aromatic heterocycles. The fraction of sp³-hybridized carbons (Fsp3) is 0.214. The number of nitrogens with one attached hydrogen (secondary N) is 1. The maximum Gasteiger partial charge on any atom is 0.206 e. The Hall–Kier alpha value is -1.86. The van der Waals surface area contributed by atoms with Gasteiger partial charge in [-0.1, -0.05) is 58.6 Å². The van der Waals surface area contributed by atoms with Crippen LogP contribution in [-0.2, 0) is 5.75 Å². The van der Waals surface area contributed by atoms with Crippen LogP contribution in [0.2, 0.25) is 0 Å². The van der Waals surface area contributed by atoms with Gasteiger partial charge in [0.1, 0.15) is 0 Å². The number of anilines is 1. The molecule has 7 heteroatoms.